The quantitative estimate of drug-likeness (QED) is 0.598. The molecule has 3 heteroatoms. The summed E-state index contributed by atoms with van der Waals surface area (Å²) in [7, 11) is 0. The molecule has 2 rings (SSSR count). The lowest BCUT2D eigenvalue weighted by Gasteiger charge is -2.26. The van der Waals surface area contributed by atoms with Gasteiger partial charge in [-0.05, 0) is 6.07 Å². The summed E-state index contributed by atoms with van der Waals surface area (Å²) in [4.78, 5) is 4.66. The molecule has 0 spiro atoms. The molecule has 0 radical (unpaired) electrons. The zero-order valence-electron chi connectivity index (χ0n) is 10.7. The molecule has 1 aromatic rings. The number of benzene rings is 1. The van der Waals surface area contributed by atoms with Crippen molar-refractivity contribution in [3.8, 4) is 5.75 Å². The summed E-state index contributed by atoms with van der Waals surface area (Å²) in [5, 5.41) is 0. The Morgan fingerprint density at radius 1 is 1.35 bits per heavy atom. The highest BCUT2D eigenvalue weighted by Crippen LogP contribution is 2.34. The Morgan fingerprint density at radius 3 is 2.76 bits per heavy atom. The van der Waals surface area contributed by atoms with E-state index >= 15 is 0 Å². The number of nitrogens with two attached hydrogens (primary N) is 1. The molecular weight excluding hydrogens is 212 g/mol. The molecule has 0 fully saturated rings. The molecule has 1 atom stereocenters. The Hall–Kier alpha value is -1.51. The van der Waals surface area contributed by atoms with Gasteiger partial charge in [-0.15, -0.1) is 0 Å². The van der Waals surface area contributed by atoms with Crippen LogP contribution in [0.15, 0.2) is 29.3 Å². The van der Waals surface area contributed by atoms with Crippen LogP contribution in [-0.2, 0) is 0 Å². The maximum Gasteiger partial charge on any atom is 0.124 e. The summed E-state index contributed by atoms with van der Waals surface area (Å²) in [6.45, 7) is 6.95. The van der Waals surface area contributed by atoms with Crippen LogP contribution < -0.4 is 10.5 Å². The molecule has 92 valence electrons. The first-order valence-corrected chi connectivity index (χ1v) is 6.04. The molecule has 0 amide bonds. The third-order valence-electron chi connectivity index (χ3n) is 2.99. The van der Waals surface area contributed by atoms with Crippen molar-refractivity contribution >= 4 is 5.84 Å². The van der Waals surface area contributed by atoms with Gasteiger partial charge in [0, 0.05) is 17.4 Å². The van der Waals surface area contributed by atoms with Crippen LogP contribution in [-0.4, -0.2) is 12.4 Å². The summed E-state index contributed by atoms with van der Waals surface area (Å²) in [5.41, 5.74) is 7.12. The van der Waals surface area contributed by atoms with Crippen molar-refractivity contribution in [2.45, 2.75) is 33.2 Å². The first kappa shape index (κ1) is 12.0. The molecule has 1 aliphatic rings. The Balaban J connectivity index is 2.31. The van der Waals surface area contributed by atoms with E-state index in [4.69, 9.17) is 10.5 Å². The Morgan fingerprint density at radius 2 is 2.06 bits per heavy atom. The molecule has 0 bridgehead atoms. The molecular formula is C14H20N2O. The van der Waals surface area contributed by atoms with Gasteiger partial charge in [-0.25, -0.2) is 0 Å². The van der Waals surface area contributed by atoms with E-state index in [9.17, 15) is 0 Å². The first-order chi connectivity index (χ1) is 7.98. The van der Waals surface area contributed by atoms with Crippen molar-refractivity contribution < 1.29 is 4.74 Å². The van der Waals surface area contributed by atoms with Gasteiger partial charge in [0.25, 0.3) is 0 Å². The topological polar surface area (TPSA) is 47.6 Å². The fourth-order valence-corrected chi connectivity index (χ4v) is 1.82. The summed E-state index contributed by atoms with van der Waals surface area (Å²) in [6, 6.07) is 8.20. The van der Waals surface area contributed by atoms with Crippen LogP contribution in [0.3, 0.4) is 0 Å². The summed E-state index contributed by atoms with van der Waals surface area (Å²) >= 11 is 0. The second-order valence-electron chi connectivity index (χ2n) is 5.46. The average Bonchev–Trinajstić information content (AvgIpc) is 2.28. The summed E-state index contributed by atoms with van der Waals surface area (Å²) in [6.07, 6.45) is 0.897. The number of nitrogens with zero attached hydrogens (tertiary/aromatic N) is 1. The highest BCUT2D eigenvalue weighted by Gasteiger charge is 2.23. The van der Waals surface area contributed by atoms with Crippen molar-refractivity contribution in [2.75, 3.05) is 6.61 Å². The highest BCUT2D eigenvalue weighted by molar-refractivity contribution is 5.85. The van der Waals surface area contributed by atoms with Gasteiger partial charge < -0.3 is 10.5 Å². The number of hydrogen-bond donors (Lipinski definition) is 1. The van der Waals surface area contributed by atoms with E-state index in [1.54, 1.807) is 0 Å². The lowest BCUT2D eigenvalue weighted by Crippen LogP contribution is -2.30. The van der Waals surface area contributed by atoms with Crippen molar-refractivity contribution in [1.82, 2.24) is 0 Å². The van der Waals surface area contributed by atoms with Crippen LogP contribution in [0, 0.1) is 5.41 Å². The maximum atomic E-state index is 6.05. The number of ether oxygens (including phenoxy) is 1. The van der Waals surface area contributed by atoms with E-state index in [1.807, 2.05) is 18.2 Å². The number of aliphatic imine (C=N–C) groups is 1. The minimum absolute atomic E-state index is 0.0761. The Bertz CT molecular complexity index is 432. The number of hydrogen-bond acceptors (Lipinski definition) is 2. The predicted molar refractivity (Wildman–Crippen MR) is 70.4 cm³/mol. The van der Waals surface area contributed by atoms with Crippen LogP contribution in [0.5, 0.6) is 5.75 Å². The van der Waals surface area contributed by atoms with E-state index < -0.39 is 0 Å². The van der Waals surface area contributed by atoms with E-state index in [-0.39, 0.29) is 11.5 Å². The second-order valence-corrected chi connectivity index (χ2v) is 5.46. The standard InChI is InChI=1S/C14H20N2O/c1-14(2,3)13(15)16-11-8-9-17-12-7-5-4-6-10(11)12/h4-7,11H,8-9H2,1-3H3,(H2,15,16). The molecule has 1 aromatic carbocycles. The van der Waals surface area contributed by atoms with Crippen molar-refractivity contribution in [2.24, 2.45) is 16.1 Å². The van der Waals surface area contributed by atoms with E-state index in [2.05, 4.69) is 31.8 Å². The van der Waals surface area contributed by atoms with Gasteiger partial charge in [0.15, 0.2) is 0 Å². The van der Waals surface area contributed by atoms with Crippen LogP contribution in [0.4, 0.5) is 0 Å². The SMILES string of the molecule is CC(C)(C)C(N)=NC1CCOc2ccccc21. The van der Waals surface area contributed by atoms with Gasteiger partial charge in [-0.3, -0.25) is 4.99 Å². The van der Waals surface area contributed by atoms with Gasteiger partial charge in [0.2, 0.25) is 0 Å². The first-order valence-electron chi connectivity index (χ1n) is 6.04. The summed E-state index contributed by atoms with van der Waals surface area (Å²) in [5.74, 6) is 1.65. The van der Waals surface area contributed by atoms with Crippen molar-refractivity contribution in [1.29, 1.82) is 0 Å². The maximum absolute atomic E-state index is 6.05. The van der Waals surface area contributed by atoms with Crippen LogP contribution in [0.1, 0.15) is 38.8 Å². The lowest BCUT2D eigenvalue weighted by molar-refractivity contribution is 0.269. The van der Waals surface area contributed by atoms with E-state index in [1.165, 1.54) is 0 Å². The molecule has 1 heterocycles. The number of rotatable bonds is 1. The summed E-state index contributed by atoms with van der Waals surface area (Å²) < 4.78 is 5.61. The van der Waals surface area contributed by atoms with Crippen LogP contribution >= 0.6 is 0 Å². The van der Waals surface area contributed by atoms with E-state index in [0.717, 1.165) is 17.7 Å². The number of para-hydroxylation sites is 1. The molecule has 0 saturated carbocycles. The normalized spacial score (nSPS) is 20.6. The zero-order chi connectivity index (χ0) is 12.5. The Labute approximate surface area is 103 Å². The highest BCUT2D eigenvalue weighted by atomic mass is 16.5. The van der Waals surface area contributed by atoms with Crippen LogP contribution in [0.25, 0.3) is 0 Å². The second kappa shape index (κ2) is 4.40. The zero-order valence-corrected chi connectivity index (χ0v) is 10.7. The molecule has 1 aliphatic heterocycles. The van der Waals surface area contributed by atoms with Crippen LogP contribution in [0.2, 0.25) is 0 Å². The monoisotopic (exact) mass is 232 g/mol. The smallest absolute Gasteiger partial charge is 0.124 e. The molecule has 2 N–H and O–H groups in total. The van der Waals surface area contributed by atoms with Crippen molar-refractivity contribution in [3.05, 3.63) is 29.8 Å². The number of fused-ring (bicyclic) bond motifs is 1. The molecule has 3 nitrogen and oxygen atoms in total. The Kier molecular flexibility index (Phi) is 3.09. The molecule has 0 aromatic heterocycles. The largest absolute Gasteiger partial charge is 0.493 e. The molecule has 17 heavy (non-hydrogen) atoms. The van der Waals surface area contributed by atoms with Gasteiger partial charge in [0.05, 0.1) is 18.5 Å². The fraction of sp³-hybridized carbons (Fsp3) is 0.500. The number of amidine groups is 1. The molecule has 1 unspecified atom stereocenters. The third kappa shape index (κ3) is 2.60. The van der Waals surface area contributed by atoms with Gasteiger partial charge in [-0.1, -0.05) is 39.0 Å². The minimum Gasteiger partial charge on any atom is -0.493 e. The lowest BCUT2D eigenvalue weighted by atomic mass is 9.94. The predicted octanol–water partition coefficient (Wildman–Crippen LogP) is 2.91. The average molecular weight is 232 g/mol. The third-order valence-corrected chi connectivity index (χ3v) is 2.99. The van der Waals surface area contributed by atoms with Crippen molar-refractivity contribution in [3.63, 3.8) is 0 Å². The van der Waals surface area contributed by atoms with E-state index in [0.29, 0.717) is 12.4 Å². The van der Waals surface area contributed by atoms with Gasteiger partial charge in [0.1, 0.15) is 5.75 Å². The van der Waals surface area contributed by atoms with Gasteiger partial charge >= 0.3 is 0 Å². The fourth-order valence-electron chi connectivity index (χ4n) is 1.82. The molecule has 0 saturated heterocycles. The minimum atomic E-state index is -0.0761. The molecule has 0 aliphatic carbocycles. The van der Waals surface area contributed by atoms with Gasteiger partial charge in [-0.2, -0.15) is 0 Å².